The summed E-state index contributed by atoms with van der Waals surface area (Å²) in [6.45, 7) is 5.77. The lowest BCUT2D eigenvalue weighted by molar-refractivity contribution is 0.618. The van der Waals surface area contributed by atoms with E-state index >= 15 is 0 Å². The molecule has 5 heteroatoms. The summed E-state index contributed by atoms with van der Waals surface area (Å²) in [5.74, 6) is 0.492. The van der Waals surface area contributed by atoms with Crippen LogP contribution in [0.3, 0.4) is 0 Å². The van der Waals surface area contributed by atoms with Crippen molar-refractivity contribution in [3.63, 3.8) is 0 Å². The van der Waals surface area contributed by atoms with Crippen LogP contribution in [0.1, 0.15) is 31.0 Å². The van der Waals surface area contributed by atoms with E-state index in [0.29, 0.717) is 21.0 Å². The smallest absolute Gasteiger partial charge is 0.161 e. The molecular formula is C14H13BrClFN2. The Morgan fingerprint density at radius 1 is 1.26 bits per heavy atom. The van der Waals surface area contributed by atoms with Crippen molar-refractivity contribution >= 4 is 27.5 Å². The van der Waals surface area contributed by atoms with Crippen LogP contribution in [0.25, 0.3) is 11.4 Å². The van der Waals surface area contributed by atoms with E-state index in [-0.39, 0.29) is 11.7 Å². The van der Waals surface area contributed by atoms with E-state index in [2.05, 4.69) is 25.9 Å². The molecule has 100 valence electrons. The van der Waals surface area contributed by atoms with Gasteiger partial charge < -0.3 is 0 Å². The Hall–Kier alpha value is -1.00. The number of rotatable bonds is 2. The van der Waals surface area contributed by atoms with Crippen LogP contribution in [0, 0.1) is 12.7 Å². The molecular weight excluding hydrogens is 331 g/mol. The van der Waals surface area contributed by atoms with Crippen LogP contribution in [0.15, 0.2) is 22.7 Å². The third kappa shape index (κ3) is 2.95. The molecule has 2 aromatic rings. The highest BCUT2D eigenvalue weighted by Crippen LogP contribution is 2.31. The lowest BCUT2D eigenvalue weighted by Gasteiger charge is -2.11. The van der Waals surface area contributed by atoms with Gasteiger partial charge in [-0.05, 0) is 52.5 Å². The second-order valence-electron chi connectivity index (χ2n) is 4.66. The van der Waals surface area contributed by atoms with Gasteiger partial charge in [0, 0.05) is 5.56 Å². The molecule has 0 saturated carbocycles. The molecule has 0 saturated heterocycles. The van der Waals surface area contributed by atoms with Crippen molar-refractivity contribution in [2.45, 2.75) is 26.7 Å². The Morgan fingerprint density at radius 2 is 1.95 bits per heavy atom. The van der Waals surface area contributed by atoms with Gasteiger partial charge in [0.2, 0.25) is 0 Å². The van der Waals surface area contributed by atoms with E-state index in [1.807, 2.05) is 13.8 Å². The molecule has 0 aliphatic heterocycles. The largest absolute Gasteiger partial charge is 0.232 e. The van der Waals surface area contributed by atoms with Gasteiger partial charge in [-0.15, -0.1) is 0 Å². The molecule has 0 N–H and O–H groups in total. The quantitative estimate of drug-likeness (QED) is 0.706. The zero-order valence-electron chi connectivity index (χ0n) is 10.8. The van der Waals surface area contributed by atoms with Crippen molar-refractivity contribution in [1.82, 2.24) is 9.97 Å². The molecule has 0 spiro atoms. The summed E-state index contributed by atoms with van der Waals surface area (Å²) in [5.41, 5.74) is 2.17. The van der Waals surface area contributed by atoms with Crippen LogP contribution in [0.5, 0.6) is 0 Å². The molecule has 2 rings (SSSR count). The number of aromatic nitrogens is 2. The van der Waals surface area contributed by atoms with Gasteiger partial charge in [-0.3, -0.25) is 0 Å². The summed E-state index contributed by atoms with van der Waals surface area (Å²) in [4.78, 5) is 8.75. The van der Waals surface area contributed by atoms with E-state index < -0.39 is 0 Å². The van der Waals surface area contributed by atoms with Crippen molar-refractivity contribution in [3.05, 3.63) is 44.9 Å². The predicted octanol–water partition coefficient (Wildman–Crippen LogP) is 5.13. The zero-order valence-corrected chi connectivity index (χ0v) is 13.2. The molecule has 0 radical (unpaired) electrons. The number of halogens is 3. The number of nitrogens with zero attached hydrogens (tertiary/aromatic N) is 2. The first-order valence-corrected chi connectivity index (χ1v) is 7.06. The van der Waals surface area contributed by atoms with E-state index in [4.69, 9.17) is 11.6 Å². The summed E-state index contributed by atoms with van der Waals surface area (Å²) in [5, 5.41) is 0.371. The minimum atomic E-state index is -0.240. The number of hydrogen-bond donors (Lipinski definition) is 0. The average molecular weight is 344 g/mol. The standard InChI is InChI=1S/C14H13BrClFN2/c1-7(2)12-11(15)13(16)19-14(18-12)9-4-5-10(17)8(3)6-9/h4-7H,1-3H3. The first-order valence-electron chi connectivity index (χ1n) is 5.89. The Labute approximate surface area is 125 Å². The first-order chi connectivity index (χ1) is 8.90. The molecule has 0 atom stereocenters. The summed E-state index contributed by atoms with van der Waals surface area (Å²) in [6.07, 6.45) is 0. The van der Waals surface area contributed by atoms with Crippen LogP contribution in [0.2, 0.25) is 5.15 Å². The lowest BCUT2D eigenvalue weighted by Crippen LogP contribution is -2.00. The lowest BCUT2D eigenvalue weighted by atomic mass is 10.1. The second-order valence-corrected chi connectivity index (χ2v) is 5.81. The molecule has 0 bridgehead atoms. The monoisotopic (exact) mass is 342 g/mol. The van der Waals surface area contributed by atoms with Crippen LogP contribution < -0.4 is 0 Å². The summed E-state index contributed by atoms with van der Waals surface area (Å²) < 4.78 is 14.0. The molecule has 0 amide bonds. The van der Waals surface area contributed by atoms with Gasteiger partial charge in [0.25, 0.3) is 0 Å². The summed E-state index contributed by atoms with van der Waals surface area (Å²) >= 11 is 9.51. The minimum Gasteiger partial charge on any atom is -0.232 e. The van der Waals surface area contributed by atoms with Crippen molar-refractivity contribution in [1.29, 1.82) is 0 Å². The number of benzene rings is 1. The maximum atomic E-state index is 13.3. The molecule has 1 heterocycles. The van der Waals surface area contributed by atoms with Crippen LogP contribution in [-0.4, -0.2) is 9.97 Å². The van der Waals surface area contributed by atoms with Crippen molar-refractivity contribution in [2.24, 2.45) is 0 Å². The van der Waals surface area contributed by atoms with Crippen LogP contribution >= 0.6 is 27.5 Å². The van der Waals surface area contributed by atoms with Crippen molar-refractivity contribution < 1.29 is 4.39 Å². The third-order valence-electron chi connectivity index (χ3n) is 2.80. The molecule has 1 aromatic carbocycles. The van der Waals surface area contributed by atoms with Gasteiger partial charge in [-0.1, -0.05) is 25.4 Å². The Morgan fingerprint density at radius 3 is 2.53 bits per heavy atom. The highest BCUT2D eigenvalue weighted by molar-refractivity contribution is 9.10. The maximum absolute atomic E-state index is 13.3. The molecule has 0 aliphatic carbocycles. The van der Waals surface area contributed by atoms with Gasteiger partial charge in [-0.25, -0.2) is 14.4 Å². The van der Waals surface area contributed by atoms with E-state index in [0.717, 1.165) is 11.3 Å². The van der Waals surface area contributed by atoms with Crippen molar-refractivity contribution in [3.8, 4) is 11.4 Å². The number of hydrogen-bond acceptors (Lipinski definition) is 2. The molecule has 0 fully saturated rings. The van der Waals surface area contributed by atoms with E-state index in [1.165, 1.54) is 6.07 Å². The molecule has 19 heavy (non-hydrogen) atoms. The maximum Gasteiger partial charge on any atom is 0.161 e. The fourth-order valence-corrected chi connectivity index (χ4v) is 2.54. The van der Waals surface area contributed by atoms with Gasteiger partial charge in [-0.2, -0.15) is 0 Å². The molecule has 1 aromatic heterocycles. The highest BCUT2D eigenvalue weighted by Gasteiger charge is 2.15. The number of aryl methyl sites for hydroxylation is 1. The molecule has 0 unspecified atom stereocenters. The SMILES string of the molecule is Cc1cc(-c2nc(Cl)c(Br)c(C(C)C)n2)ccc1F. The summed E-state index contributed by atoms with van der Waals surface area (Å²) in [7, 11) is 0. The predicted molar refractivity (Wildman–Crippen MR) is 79.0 cm³/mol. The first kappa shape index (κ1) is 14.4. The van der Waals surface area contributed by atoms with Crippen LogP contribution in [0.4, 0.5) is 4.39 Å². The Balaban J connectivity index is 2.59. The third-order valence-corrected chi connectivity index (χ3v) is 4.08. The highest BCUT2D eigenvalue weighted by atomic mass is 79.9. The Kier molecular flexibility index (Phi) is 4.21. The minimum absolute atomic E-state index is 0.218. The fraction of sp³-hybridized carbons (Fsp3) is 0.286. The molecule has 0 aliphatic rings. The fourth-order valence-electron chi connectivity index (χ4n) is 1.73. The second kappa shape index (κ2) is 5.55. The normalized spacial score (nSPS) is 11.1. The zero-order chi connectivity index (χ0) is 14.2. The van der Waals surface area contributed by atoms with Gasteiger partial charge in [0.15, 0.2) is 5.82 Å². The van der Waals surface area contributed by atoms with Crippen LogP contribution in [-0.2, 0) is 0 Å². The molecule has 2 nitrogen and oxygen atoms in total. The van der Waals surface area contributed by atoms with Crippen molar-refractivity contribution in [2.75, 3.05) is 0 Å². The van der Waals surface area contributed by atoms with Gasteiger partial charge in [0.05, 0.1) is 10.2 Å². The van der Waals surface area contributed by atoms with E-state index in [1.54, 1.807) is 19.1 Å². The van der Waals surface area contributed by atoms with E-state index in [9.17, 15) is 4.39 Å². The Bertz CT molecular complexity index is 629. The van der Waals surface area contributed by atoms with Gasteiger partial charge in [0.1, 0.15) is 11.0 Å². The topological polar surface area (TPSA) is 25.8 Å². The van der Waals surface area contributed by atoms with Gasteiger partial charge >= 0.3 is 0 Å². The summed E-state index contributed by atoms with van der Waals surface area (Å²) in [6, 6.07) is 4.80. The average Bonchev–Trinajstić information content (AvgIpc) is 2.35.